The molecule has 0 saturated carbocycles. The van der Waals surface area contributed by atoms with Crippen molar-refractivity contribution in [2.75, 3.05) is 40.8 Å². The minimum absolute atomic E-state index is 0. The van der Waals surface area contributed by atoms with Crippen LogP contribution >= 0.6 is 0 Å². The van der Waals surface area contributed by atoms with Crippen molar-refractivity contribution in [2.45, 2.75) is 129 Å². The van der Waals surface area contributed by atoms with Gasteiger partial charge in [0.15, 0.2) is 0 Å². The summed E-state index contributed by atoms with van der Waals surface area (Å²) in [4.78, 5) is 14.4. The zero-order valence-electron chi connectivity index (χ0n) is 22.0. The van der Waals surface area contributed by atoms with E-state index in [2.05, 4.69) is 27.9 Å². The zero-order chi connectivity index (χ0) is 22.5. The molecule has 0 atom stereocenters. The van der Waals surface area contributed by atoms with Crippen LogP contribution in [-0.2, 0) is 4.79 Å². The highest BCUT2D eigenvalue weighted by Crippen LogP contribution is 2.12. The fourth-order valence-electron chi connectivity index (χ4n) is 4.11. The topological polar surface area (TPSA) is 20.3 Å². The molecule has 0 bridgehead atoms. The van der Waals surface area contributed by atoms with Crippen molar-refractivity contribution in [3.05, 3.63) is 0 Å². The van der Waals surface area contributed by atoms with Crippen molar-refractivity contribution in [1.29, 1.82) is 0 Å². The third-order valence-electron chi connectivity index (χ3n) is 6.58. The highest BCUT2D eigenvalue weighted by Gasteiger charge is 2.17. The maximum Gasteiger partial charge on any atom is 0.222 e. The smallest absolute Gasteiger partial charge is 0.222 e. The Bertz CT molecular complexity index is 387. The van der Waals surface area contributed by atoms with Crippen molar-refractivity contribution in [3.8, 4) is 0 Å². The van der Waals surface area contributed by atoms with Gasteiger partial charge in [0.2, 0.25) is 5.91 Å². The van der Waals surface area contributed by atoms with Crippen molar-refractivity contribution in [1.82, 2.24) is 4.90 Å². The van der Waals surface area contributed by atoms with E-state index in [4.69, 9.17) is 0 Å². The Labute approximate surface area is 207 Å². The van der Waals surface area contributed by atoms with E-state index in [1.54, 1.807) is 0 Å². The van der Waals surface area contributed by atoms with Gasteiger partial charge in [-0.2, -0.15) is 0 Å². The van der Waals surface area contributed by atoms with Crippen LogP contribution in [0.1, 0.15) is 129 Å². The summed E-state index contributed by atoms with van der Waals surface area (Å²) in [5, 5.41) is 0. The average molecular weight is 506 g/mol. The van der Waals surface area contributed by atoms with Crippen molar-refractivity contribution < 1.29 is 26.3 Å². The fraction of sp³-hybridized carbons (Fsp3) is 0.963. The largest absolute Gasteiger partial charge is 1.00 e. The average Bonchev–Trinajstić information content (AvgIpc) is 2.72. The summed E-state index contributed by atoms with van der Waals surface area (Å²) in [6.45, 7) is 7.74. The normalized spacial score (nSPS) is 11.4. The van der Waals surface area contributed by atoms with E-state index >= 15 is 0 Å². The van der Waals surface area contributed by atoms with Gasteiger partial charge < -0.3 is 26.4 Å². The van der Waals surface area contributed by atoms with Crippen LogP contribution in [0.5, 0.6) is 0 Å². The lowest BCUT2D eigenvalue weighted by atomic mass is 10.1. The molecule has 188 valence electrons. The van der Waals surface area contributed by atoms with Crippen molar-refractivity contribution in [3.63, 3.8) is 0 Å². The number of hydrogen-bond acceptors (Lipinski definition) is 1. The van der Waals surface area contributed by atoms with Gasteiger partial charge in [0.05, 0.1) is 33.7 Å². The summed E-state index contributed by atoms with van der Waals surface area (Å²) in [5.41, 5.74) is 0. The van der Waals surface area contributed by atoms with Gasteiger partial charge in [-0.25, -0.2) is 0 Å². The molecule has 31 heavy (non-hydrogen) atoms. The molecule has 3 nitrogen and oxygen atoms in total. The summed E-state index contributed by atoms with van der Waals surface area (Å²) in [6, 6.07) is 0. The van der Waals surface area contributed by atoms with Crippen LogP contribution in [0.3, 0.4) is 0 Å². The summed E-state index contributed by atoms with van der Waals surface area (Å²) in [5.74, 6) is 0.338. The van der Waals surface area contributed by atoms with E-state index in [0.29, 0.717) is 5.91 Å². The third-order valence-corrected chi connectivity index (χ3v) is 6.58. The summed E-state index contributed by atoms with van der Waals surface area (Å²) < 4.78 is 1.03. The highest BCUT2D eigenvalue weighted by atomic mass is 79.9. The van der Waals surface area contributed by atoms with Crippen LogP contribution in [0.4, 0.5) is 0 Å². The molecule has 0 aliphatic heterocycles. The van der Waals surface area contributed by atoms with Crippen LogP contribution in [-0.4, -0.2) is 56.1 Å². The van der Waals surface area contributed by atoms with E-state index in [0.717, 1.165) is 30.4 Å². The molecule has 0 unspecified atom stereocenters. The fourth-order valence-corrected chi connectivity index (χ4v) is 4.11. The molecule has 0 aliphatic rings. The van der Waals surface area contributed by atoms with Crippen LogP contribution in [0.25, 0.3) is 0 Å². The molecular formula is C27H57BrN2O. The molecule has 1 amide bonds. The van der Waals surface area contributed by atoms with Crippen LogP contribution in [0, 0.1) is 0 Å². The van der Waals surface area contributed by atoms with Crippen molar-refractivity contribution in [2.24, 2.45) is 0 Å². The Balaban J connectivity index is 0. The van der Waals surface area contributed by atoms with Gasteiger partial charge in [0, 0.05) is 13.5 Å². The number of carbonyl (C=O) groups is 1. The predicted molar refractivity (Wildman–Crippen MR) is 134 cm³/mol. The number of amides is 1. The van der Waals surface area contributed by atoms with E-state index in [-0.39, 0.29) is 17.0 Å². The molecule has 0 heterocycles. The highest BCUT2D eigenvalue weighted by molar-refractivity contribution is 5.75. The minimum Gasteiger partial charge on any atom is -1.00 e. The monoisotopic (exact) mass is 504 g/mol. The summed E-state index contributed by atoms with van der Waals surface area (Å²) in [7, 11) is 6.63. The number of unbranched alkanes of at least 4 members (excludes halogenated alkanes) is 15. The molecule has 0 fully saturated rings. The van der Waals surface area contributed by atoms with Gasteiger partial charge in [-0.05, 0) is 19.3 Å². The number of halogens is 1. The second kappa shape index (κ2) is 23.1. The molecule has 0 rings (SSSR count). The molecule has 4 heteroatoms. The molecule has 0 aliphatic carbocycles. The maximum atomic E-state index is 12.4. The SMILES string of the molecule is CCCCCCCCCCCC(=O)N(C)CC[N+](C)(C)CCCCCCCCCC.[Br-]. The van der Waals surface area contributed by atoms with Crippen molar-refractivity contribution >= 4 is 5.91 Å². The molecule has 0 saturated heterocycles. The molecule has 0 radical (unpaired) electrons. The first kappa shape index (κ1) is 33.1. The first-order chi connectivity index (χ1) is 14.4. The predicted octanol–water partition coefficient (Wildman–Crippen LogP) is 4.59. The Hall–Kier alpha value is -0.0900. The van der Waals surface area contributed by atoms with Gasteiger partial charge in [-0.15, -0.1) is 0 Å². The molecular weight excluding hydrogens is 448 g/mol. The summed E-state index contributed by atoms with van der Waals surface area (Å²) >= 11 is 0. The molecule has 0 spiro atoms. The number of rotatable bonds is 22. The minimum atomic E-state index is 0. The maximum absolute atomic E-state index is 12.4. The van der Waals surface area contributed by atoms with Gasteiger partial charge in [-0.3, -0.25) is 4.79 Å². The zero-order valence-corrected chi connectivity index (χ0v) is 23.6. The second-order valence-corrected chi connectivity index (χ2v) is 10.3. The Morgan fingerprint density at radius 1 is 0.613 bits per heavy atom. The number of nitrogens with zero attached hydrogens (tertiary/aromatic N) is 2. The number of quaternary nitrogens is 1. The van der Waals surface area contributed by atoms with E-state index in [9.17, 15) is 4.79 Å². The standard InChI is InChI=1S/C27H57N2O.BrH/c1-6-8-10-12-14-16-17-19-21-23-27(30)28(3)24-26-29(4,5)25-22-20-18-15-13-11-9-7-2;/h6-26H2,1-5H3;1H/q+1;/p-1. The molecule has 0 aromatic carbocycles. The number of carbonyl (C=O) groups excluding carboxylic acids is 1. The molecule has 0 N–H and O–H groups in total. The van der Waals surface area contributed by atoms with Gasteiger partial charge in [0.25, 0.3) is 0 Å². The Kier molecular flexibility index (Phi) is 24.6. The van der Waals surface area contributed by atoms with Gasteiger partial charge in [0.1, 0.15) is 0 Å². The number of hydrogen-bond donors (Lipinski definition) is 0. The Morgan fingerprint density at radius 2 is 1.00 bits per heavy atom. The van der Waals surface area contributed by atoms with E-state index in [1.807, 2.05) is 11.9 Å². The first-order valence-corrected chi connectivity index (χ1v) is 13.5. The molecule has 0 aromatic rings. The quantitative estimate of drug-likeness (QED) is 0.156. The van der Waals surface area contributed by atoms with Crippen LogP contribution in [0.15, 0.2) is 0 Å². The first-order valence-electron chi connectivity index (χ1n) is 13.5. The van der Waals surface area contributed by atoms with E-state index in [1.165, 1.54) is 109 Å². The number of likely N-dealkylation sites (N-methyl/N-ethyl adjacent to an activating group) is 2. The lowest BCUT2D eigenvalue weighted by molar-refractivity contribution is -0.889. The second-order valence-electron chi connectivity index (χ2n) is 10.3. The lowest BCUT2D eigenvalue weighted by Crippen LogP contribution is -3.00. The van der Waals surface area contributed by atoms with Crippen LogP contribution < -0.4 is 17.0 Å². The third kappa shape index (κ3) is 22.9. The summed E-state index contributed by atoms with van der Waals surface area (Å²) in [6.07, 6.45) is 23.6. The Morgan fingerprint density at radius 3 is 1.45 bits per heavy atom. The van der Waals surface area contributed by atoms with Crippen LogP contribution in [0.2, 0.25) is 0 Å². The van der Waals surface area contributed by atoms with E-state index < -0.39 is 0 Å². The molecule has 0 aromatic heterocycles. The van der Waals surface area contributed by atoms with Gasteiger partial charge in [-0.1, -0.05) is 104 Å². The van der Waals surface area contributed by atoms with Gasteiger partial charge >= 0.3 is 0 Å². The lowest BCUT2D eigenvalue weighted by Gasteiger charge is -2.32.